The van der Waals surface area contributed by atoms with Gasteiger partial charge in [-0.05, 0) is 50.2 Å². The molecular weight excluding hydrogens is 364 g/mol. The van der Waals surface area contributed by atoms with Gasteiger partial charge in [0.25, 0.3) is 0 Å². The van der Waals surface area contributed by atoms with Gasteiger partial charge in [-0.15, -0.1) is 18.7 Å². The van der Waals surface area contributed by atoms with Crippen molar-refractivity contribution >= 4 is 16.4 Å². The first-order chi connectivity index (χ1) is 12.1. The Morgan fingerprint density at radius 2 is 1.78 bits per heavy atom. The number of allylic oxidation sites excluding steroid dienone is 1. The average Bonchev–Trinajstić information content (AvgIpc) is 2.51. The molecule has 0 amide bonds. The Morgan fingerprint density at radius 1 is 1.19 bits per heavy atom. The molecule has 0 unspecified atom stereocenters. The highest BCUT2D eigenvalue weighted by Crippen LogP contribution is 2.52. The molecule has 0 spiro atoms. The maximum Gasteiger partial charge on any atom is 0.192 e. The molecule has 2 nitrogen and oxygen atoms in total. The maximum absolute atomic E-state index is 11.7. The number of hydrogen-bond acceptors (Lipinski definition) is 2. The summed E-state index contributed by atoms with van der Waals surface area (Å²) in [5.74, 6) is 3.62. The smallest absolute Gasteiger partial charge is 0.192 e. The molecular formula is C23H42O2Si2. The minimum absolute atomic E-state index is 0.0704. The van der Waals surface area contributed by atoms with Crippen LogP contribution in [0.4, 0.5) is 0 Å². The van der Waals surface area contributed by atoms with E-state index in [4.69, 9.17) is 4.43 Å². The average molecular weight is 407 g/mol. The van der Waals surface area contributed by atoms with E-state index in [1.165, 1.54) is 0 Å². The van der Waals surface area contributed by atoms with E-state index in [1.54, 1.807) is 6.08 Å². The zero-order valence-corrected chi connectivity index (χ0v) is 21.0. The van der Waals surface area contributed by atoms with Gasteiger partial charge in [-0.3, -0.25) is 0 Å². The van der Waals surface area contributed by atoms with Crippen LogP contribution < -0.4 is 0 Å². The van der Waals surface area contributed by atoms with E-state index in [0.29, 0.717) is 6.42 Å². The summed E-state index contributed by atoms with van der Waals surface area (Å²) in [6, 6.07) is 0. The van der Waals surface area contributed by atoms with E-state index in [1.807, 2.05) is 6.08 Å². The van der Waals surface area contributed by atoms with E-state index in [9.17, 15) is 5.11 Å². The van der Waals surface area contributed by atoms with Gasteiger partial charge in [0.1, 0.15) is 13.7 Å². The van der Waals surface area contributed by atoms with Gasteiger partial charge in [-0.2, -0.15) is 0 Å². The first-order valence-corrected chi connectivity index (χ1v) is 16.7. The summed E-state index contributed by atoms with van der Waals surface area (Å²) < 4.78 is 6.93. The molecule has 0 bridgehead atoms. The van der Waals surface area contributed by atoms with Gasteiger partial charge in [-0.1, -0.05) is 58.5 Å². The molecule has 4 heteroatoms. The molecule has 0 aromatic carbocycles. The lowest BCUT2D eigenvalue weighted by molar-refractivity contribution is -0.111. The van der Waals surface area contributed by atoms with E-state index >= 15 is 0 Å². The third-order valence-electron chi connectivity index (χ3n) is 6.33. The number of aliphatic hydroxyl groups is 1. The number of hydrogen-bond donors (Lipinski definition) is 1. The second kappa shape index (κ2) is 8.41. The third kappa shape index (κ3) is 5.47. The topological polar surface area (TPSA) is 29.5 Å². The van der Waals surface area contributed by atoms with Gasteiger partial charge < -0.3 is 9.53 Å². The molecule has 0 aromatic heterocycles. The lowest BCUT2D eigenvalue weighted by atomic mass is 9.59. The molecule has 154 valence electrons. The zero-order chi connectivity index (χ0) is 21.1. The fraction of sp³-hybridized carbons (Fsp3) is 0.739. The summed E-state index contributed by atoms with van der Waals surface area (Å²) in [7, 11) is -3.60. The van der Waals surface area contributed by atoms with Gasteiger partial charge in [-0.25, -0.2) is 0 Å². The molecule has 0 aliphatic heterocycles. The van der Waals surface area contributed by atoms with E-state index < -0.39 is 27.4 Å². The lowest BCUT2D eigenvalue weighted by Crippen LogP contribution is -2.60. The van der Waals surface area contributed by atoms with Crippen LogP contribution in [-0.4, -0.2) is 33.2 Å². The van der Waals surface area contributed by atoms with Crippen LogP contribution in [-0.2, 0) is 4.43 Å². The second-order valence-electron chi connectivity index (χ2n) is 10.7. The van der Waals surface area contributed by atoms with Crippen LogP contribution in [0.2, 0.25) is 37.8 Å². The molecule has 1 rings (SSSR count). The quantitative estimate of drug-likeness (QED) is 0.318. The Kier molecular flexibility index (Phi) is 7.61. The monoisotopic (exact) mass is 406 g/mol. The lowest BCUT2D eigenvalue weighted by Gasteiger charge is -2.54. The molecule has 1 aliphatic rings. The van der Waals surface area contributed by atoms with Crippen molar-refractivity contribution in [1.82, 2.24) is 0 Å². The molecule has 0 aromatic rings. The third-order valence-corrected chi connectivity index (χ3v) is 11.7. The summed E-state index contributed by atoms with van der Waals surface area (Å²) in [6.07, 6.45) is 7.75. The van der Waals surface area contributed by atoms with Gasteiger partial charge in [0.05, 0.1) is 11.5 Å². The van der Waals surface area contributed by atoms with Gasteiger partial charge in [0.2, 0.25) is 0 Å². The van der Waals surface area contributed by atoms with Crippen LogP contribution in [0.5, 0.6) is 0 Å². The van der Waals surface area contributed by atoms with Crippen molar-refractivity contribution in [2.45, 2.75) is 102 Å². The minimum atomic E-state index is -2.00. The Morgan fingerprint density at radius 3 is 2.22 bits per heavy atom. The molecule has 0 saturated heterocycles. The van der Waals surface area contributed by atoms with Gasteiger partial charge in [0, 0.05) is 0 Å². The molecule has 1 N–H and O–H groups in total. The van der Waals surface area contributed by atoms with Crippen molar-refractivity contribution in [2.75, 3.05) is 0 Å². The van der Waals surface area contributed by atoms with Gasteiger partial charge in [0.15, 0.2) is 8.32 Å². The Labute approximate surface area is 170 Å². The van der Waals surface area contributed by atoms with Crippen molar-refractivity contribution in [2.24, 2.45) is 5.41 Å². The first-order valence-electron chi connectivity index (χ1n) is 10.3. The molecule has 1 saturated carbocycles. The zero-order valence-electron chi connectivity index (χ0n) is 19.0. The van der Waals surface area contributed by atoms with Gasteiger partial charge >= 0.3 is 0 Å². The van der Waals surface area contributed by atoms with E-state index in [2.05, 4.69) is 78.1 Å². The standard InChI is InChI=1S/C23H42O2Si2/c1-11-13-16-22(18-19-26(6,7)8)20(15-14-17-23(22,24)12-2)25-27(9,10)21(3,4)5/h11-12,20,24H,1-2,13-17H2,3-10H3/t20-,22-,23+/m0/s1. The molecule has 3 atom stereocenters. The van der Waals surface area contributed by atoms with Crippen molar-refractivity contribution < 1.29 is 9.53 Å². The van der Waals surface area contributed by atoms with Crippen molar-refractivity contribution in [3.63, 3.8) is 0 Å². The predicted molar refractivity (Wildman–Crippen MR) is 124 cm³/mol. The van der Waals surface area contributed by atoms with Crippen molar-refractivity contribution in [3.8, 4) is 11.5 Å². The summed E-state index contributed by atoms with van der Waals surface area (Å²) in [5, 5.41) is 11.8. The van der Waals surface area contributed by atoms with Crippen LogP contribution in [0.3, 0.4) is 0 Å². The fourth-order valence-electron chi connectivity index (χ4n) is 3.54. The van der Waals surface area contributed by atoms with Crippen LogP contribution in [0.1, 0.15) is 52.9 Å². The highest BCUT2D eigenvalue weighted by Gasteiger charge is 2.57. The summed E-state index contributed by atoms with van der Waals surface area (Å²) in [5.41, 5.74) is 1.93. The largest absolute Gasteiger partial charge is 0.412 e. The van der Waals surface area contributed by atoms with Crippen LogP contribution >= 0.6 is 0 Å². The van der Waals surface area contributed by atoms with Crippen molar-refractivity contribution in [3.05, 3.63) is 25.3 Å². The first kappa shape index (κ1) is 24.4. The maximum atomic E-state index is 11.7. The molecule has 0 heterocycles. The molecule has 0 radical (unpaired) electrons. The highest BCUT2D eigenvalue weighted by atomic mass is 28.4. The van der Waals surface area contributed by atoms with Crippen molar-refractivity contribution in [1.29, 1.82) is 0 Å². The molecule has 27 heavy (non-hydrogen) atoms. The van der Waals surface area contributed by atoms with E-state index in [-0.39, 0.29) is 11.1 Å². The van der Waals surface area contributed by atoms with Crippen LogP contribution in [0.25, 0.3) is 0 Å². The second-order valence-corrected chi connectivity index (χ2v) is 20.2. The van der Waals surface area contributed by atoms with Crippen LogP contribution in [0.15, 0.2) is 25.3 Å². The minimum Gasteiger partial charge on any atom is -0.412 e. The molecule has 1 fully saturated rings. The SMILES string of the molecule is C=CCC[C@]1(C#C[Si](C)(C)C)[C@@H](O[Si](C)(C)C(C)(C)C)CCC[C@]1(O)C=C. The van der Waals surface area contributed by atoms with Crippen LogP contribution in [0, 0.1) is 16.9 Å². The molecule has 1 aliphatic carbocycles. The normalized spacial score (nSPS) is 29.6. The predicted octanol–water partition coefficient (Wildman–Crippen LogP) is 6.31. The summed E-state index contributed by atoms with van der Waals surface area (Å²) in [6.45, 7) is 26.1. The summed E-state index contributed by atoms with van der Waals surface area (Å²) >= 11 is 0. The van der Waals surface area contributed by atoms with E-state index in [0.717, 1.165) is 25.7 Å². The Balaban J connectivity index is 3.56. The number of rotatable bonds is 6. The summed E-state index contributed by atoms with van der Waals surface area (Å²) in [4.78, 5) is 0. The highest BCUT2D eigenvalue weighted by molar-refractivity contribution is 6.83. The Hall–Kier alpha value is -0.606. The fourth-order valence-corrected chi connectivity index (χ4v) is 5.52. The Bertz CT molecular complexity index is 601.